The molecule has 0 fully saturated rings. The SMILES string of the molecule is CCC(Oc1ccc(OC)cc1)C(=O)NC(C)c1ccc(S(C)(=O)=O)cc1. The van der Waals surface area contributed by atoms with Crippen molar-refractivity contribution >= 4 is 15.7 Å². The van der Waals surface area contributed by atoms with Crippen LogP contribution in [0.5, 0.6) is 11.5 Å². The van der Waals surface area contributed by atoms with Crippen molar-refractivity contribution in [3.63, 3.8) is 0 Å². The molecule has 0 aliphatic carbocycles. The molecule has 2 atom stereocenters. The lowest BCUT2D eigenvalue weighted by molar-refractivity contribution is -0.128. The van der Waals surface area contributed by atoms with Crippen LogP contribution in [-0.4, -0.2) is 33.8 Å². The molecule has 0 aromatic heterocycles. The number of sulfone groups is 1. The van der Waals surface area contributed by atoms with Crippen molar-refractivity contribution in [2.75, 3.05) is 13.4 Å². The molecule has 7 heteroatoms. The molecule has 6 nitrogen and oxygen atoms in total. The van der Waals surface area contributed by atoms with Gasteiger partial charge in [0.05, 0.1) is 18.0 Å². The minimum atomic E-state index is -3.24. The van der Waals surface area contributed by atoms with Gasteiger partial charge in [0.15, 0.2) is 15.9 Å². The van der Waals surface area contributed by atoms with Crippen LogP contribution >= 0.6 is 0 Å². The normalized spacial score (nSPS) is 13.5. The van der Waals surface area contributed by atoms with Crippen molar-refractivity contribution < 1.29 is 22.7 Å². The number of carbonyl (C=O) groups excluding carboxylic acids is 1. The molecular formula is C20H25NO5S. The van der Waals surface area contributed by atoms with E-state index in [-0.39, 0.29) is 16.8 Å². The van der Waals surface area contributed by atoms with E-state index in [2.05, 4.69) is 5.32 Å². The Balaban J connectivity index is 2.02. The van der Waals surface area contributed by atoms with Crippen molar-refractivity contribution in [3.05, 3.63) is 54.1 Å². The van der Waals surface area contributed by atoms with Crippen LogP contribution < -0.4 is 14.8 Å². The van der Waals surface area contributed by atoms with E-state index in [1.165, 1.54) is 0 Å². The number of hydrogen-bond donors (Lipinski definition) is 1. The average Bonchev–Trinajstić information content (AvgIpc) is 2.65. The molecule has 0 aliphatic heterocycles. The van der Waals surface area contributed by atoms with Gasteiger partial charge >= 0.3 is 0 Å². The van der Waals surface area contributed by atoms with E-state index in [0.29, 0.717) is 17.9 Å². The average molecular weight is 391 g/mol. The summed E-state index contributed by atoms with van der Waals surface area (Å²) in [6, 6.07) is 13.2. The molecule has 0 spiro atoms. The molecule has 1 N–H and O–H groups in total. The van der Waals surface area contributed by atoms with E-state index in [1.54, 1.807) is 55.6 Å². The number of benzene rings is 2. The summed E-state index contributed by atoms with van der Waals surface area (Å²) in [5.74, 6) is 1.07. The first-order valence-electron chi connectivity index (χ1n) is 8.65. The second kappa shape index (κ2) is 8.90. The maximum absolute atomic E-state index is 12.6. The third-order valence-corrected chi connectivity index (χ3v) is 5.30. The number of nitrogens with one attached hydrogen (secondary N) is 1. The van der Waals surface area contributed by atoms with Gasteiger partial charge in [0, 0.05) is 6.26 Å². The summed E-state index contributed by atoms with van der Waals surface area (Å²) < 4.78 is 34.0. The number of rotatable bonds is 8. The predicted molar refractivity (Wildman–Crippen MR) is 104 cm³/mol. The first kappa shape index (κ1) is 20.8. The predicted octanol–water partition coefficient (Wildman–Crippen LogP) is 3.13. The van der Waals surface area contributed by atoms with Crippen LogP contribution in [-0.2, 0) is 14.6 Å². The van der Waals surface area contributed by atoms with Crippen molar-refractivity contribution in [2.45, 2.75) is 37.3 Å². The second-order valence-corrected chi connectivity index (χ2v) is 8.28. The monoisotopic (exact) mass is 391 g/mol. The zero-order valence-corrected chi connectivity index (χ0v) is 16.7. The number of carbonyl (C=O) groups is 1. The Labute approximate surface area is 160 Å². The maximum atomic E-state index is 12.6. The van der Waals surface area contributed by atoms with Gasteiger partial charge in [-0.1, -0.05) is 19.1 Å². The Morgan fingerprint density at radius 3 is 2.07 bits per heavy atom. The number of hydrogen-bond acceptors (Lipinski definition) is 5. The molecule has 0 aliphatic rings. The fourth-order valence-corrected chi connectivity index (χ4v) is 3.16. The Kier molecular flexibility index (Phi) is 6.85. The maximum Gasteiger partial charge on any atom is 0.261 e. The highest BCUT2D eigenvalue weighted by molar-refractivity contribution is 7.90. The third kappa shape index (κ3) is 5.72. The molecule has 0 saturated carbocycles. The Hall–Kier alpha value is -2.54. The zero-order chi connectivity index (χ0) is 20.0. The highest BCUT2D eigenvalue weighted by Crippen LogP contribution is 2.20. The number of ether oxygens (including phenoxy) is 2. The smallest absolute Gasteiger partial charge is 0.261 e. The topological polar surface area (TPSA) is 81.7 Å². The molecule has 2 aromatic carbocycles. The fraction of sp³-hybridized carbons (Fsp3) is 0.350. The van der Waals surface area contributed by atoms with Gasteiger partial charge in [-0.2, -0.15) is 0 Å². The Morgan fingerprint density at radius 2 is 1.59 bits per heavy atom. The second-order valence-electron chi connectivity index (χ2n) is 6.26. The summed E-state index contributed by atoms with van der Waals surface area (Å²) in [6.45, 7) is 3.72. The first-order chi connectivity index (χ1) is 12.7. The molecule has 0 saturated heterocycles. The third-order valence-electron chi connectivity index (χ3n) is 4.17. The Morgan fingerprint density at radius 1 is 1.04 bits per heavy atom. The fourth-order valence-electron chi connectivity index (χ4n) is 2.53. The van der Waals surface area contributed by atoms with Crippen molar-refractivity contribution in [2.24, 2.45) is 0 Å². The summed E-state index contributed by atoms with van der Waals surface area (Å²) >= 11 is 0. The van der Waals surface area contributed by atoms with Gasteiger partial charge in [-0.3, -0.25) is 4.79 Å². The van der Waals surface area contributed by atoms with Gasteiger partial charge in [0.1, 0.15) is 11.5 Å². The molecule has 2 rings (SSSR count). The largest absolute Gasteiger partial charge is 0.497 e. The minimum Gasteiger partial charge on any atom is -0.497 e. The van der Waals surface area contributed by atoms with Crippen LogP contribution in [0.1, 0.15) is 31.9 Å². The van der Waals surface area contributed by atoms with Crippen LogP contribution in [0.25, 0.3) is 0 Å². The summed E-state index contributed by atoms with van der Waals surface area (Å²) in [4.78, 5) is 12.8. The van der Waals surface area contributed by atoms with Crippen LogP contribution in [0.15, 0.2) is 53.4 Å². The molecule has 146 valence electrons. The van der Waals surface area contributed by atoms with E-state index in [9.17, 15) is 13.2 Å². The van der Waals surface area contributed by atoms with Crippen LogP contribution in [0.2, 0.25) is 0 Å². The van der Waals surface area contributed by atoms with Crippen molar-refractivity contribution in [3.8, 4) is 11.5 Å². The lowest BCUT2D eigenvalue weighted by atomic mass is 10.1. The molecular weight excluding hydrogens is 366 g/mol. The van der Waals surface area contributed by atoms with Crippen molar-refractivity contribution in [1.29, 1.82) is 0 Å². The van der Waals surface area contributed by atoms with Crippen LogP contribution in [0, 0.1) is 0 Å². The summed E-state index contributed by atoms with van der Waals surface area (Å²) in [5.41, 5.74) is 0.815. The summed E-state index contributed by atoms with van der Waals surface area (Å²) in [7, 11) is -1.66. The van der Waals surface area contributed by atoms with Gasteiger partial charge in [0.25, 0.3) is 5.91 Å². The van der Waals surface area contributed by atoms with Gasteiger partial charge < -0.3 is 14.8 Å². The molecule has 1 amide bonds. The lowest BCUT2D eigenvalue weighted by Crippen LogP contribution is -2.39. The van der Waals surface area contributed by atoms with E-state index < -0.39 is 15.9 Å². The van der Waals surface area contributed by atoms with Crippen LogP contribution in [0.4, 0.5) is 0 Å². The van der Waals surface area contributed by atoms with E-state index >= 15 is 0 Å². The van der Waals surface area contributed by atoms with Gasteiger partial charge in [-0.05, 0) is 55.3 Å². The van der Waals surface area contributed by atoms with E-state index in [1.807, 2.05) is 13.8 Å². The van der Waals surface area contributed by atoms with E-state index in [4.69, 9.17) is 9.47 Å². The van der Waals surface area contributed by atoms with E-state index in [0.717, 1.165) is 11.8 Å². The van der Waals surface area contributed by atoms with Gasteiger partial charge in [-0.15, -0.1) is 0 Å². The molecule has 2 unspecified atom stereocenters. The van der Waals surface area contributed by atoms with Gasteiger partial charge in [0.2, 0.25) is 0 Å². The highest BCUT2D eigenvalue weighted by Gasteiger charge is 2.21. The van der Waals surface area contributed by atoms with Crippen LogP contribution in [0.3, 0.4) is 0 Å². The van der Waals surface area contributed by atoms with Crippen molar-refractivity contribution in [1.82, 2.24) is 5.32 Å². The minimum absolute atomic E-state index is 0.229. The number of methoxy groups -OCH3 is 1. The van der Waals surface area contributed by atoms with Gasteiger partial charge in [-0.25, -0.2) is 8.42 Å². The number of amides is 1. The standard InChI is InChI=1S/C20H25NO5S/c1-5-19(26-17-10-8-16(25-3)9-11-17)20(22)21-14(2)15-6-12-18(13-7-15)27(4,23)24/h6-14,19H,5H2,1-4H3,(H,21,22). The summed E-state index contributed by atoms with van der Waals surface area (Å²) in [6.07, 6.45) is 1.05. The molecule has 0 bridgehead atoms. The summed E-state index contributed by atoms with van der Waals surface area (Å²) in [5, 5.41) is 2.91. The Bertz CT molecular complexity index is 860. The molecule has 0 heterocycles. The first-order valence-corrected chi connectivity index (χ1v) is 10.5. The zero-order valence-electron chi connectivity index (χ0n) is 15.9. The molecule has 2 aromatic rings. The highest BCUT2D eigenvalue weighted by atomic mass is 32.2. The lowest BCUT2D eigenvalue weighted by Gasteiger charge is -2.21. The molecule has 0 radical (unpaired) electrons. The molecule has 27 heavy (non-hydrogen) atoms. The quantitative estimate of drug-likeness (QED) is 0.748.